The van der Waals surface area contributed by atoms with Gasteiger partial charge in [-0.25, -0.2) is 9.18 Å². The third-order valence-corrected chi connectivity index (χ3v) is 6.60. The molecular weight excluding hydrogens is 577 g/mol. The van der Waals surface area contributed by atoms with Gasteiger partial charge >= 0.3 is 22.9 Å². The number of aromatic carboxylic acids is 1. The lowest BCUT2D eigenvalue weighted by atomic mass is 10.1. The Morgan fingerprint density at radius 2 is 1.88 bits per heavy atom. The summed E-state index contributed by atoms with van der Waals surface area (Å²) in [6, 6.07) is 2.81. The number of carboxylic acid groups (broad SMARTS) is 1. The monoisotopic (exact) mass is 595 g/mol. The van der Waals surface area contributed by atoms with Gasteiger partial charge in [-0.05, 0) is 24.0 Å². The number of phenols is 1. The molecule has 17 nitrogen and oxygen atoms in total. The summed E-state index contributed by atoms with van der Waals surface area (Å²) in [7, 11) is 0. The molecule has 1 saturated heterocycles. The van der Waals surface area contributed by atoms with E-state index < -0.39 is 60.2 Å². The highest BCUT2D eigenvalue weighted by Crippen LogP contribution is 2.45. The number of carboxylic acids is 1. The Bertz CT molecular complexity index is 1780. The number of pyridine rings is 1. The highest BCUT2D eigenvalue weighted by atomic mass is 35.5. The van der Waals surface area contributed by atoms with Crippen LogP contribution in [0.15, 0.2) is 27.8 Å². The molecule has 2 aromatic carbocycles. The van der Waals surface area contributed by atoms with Gasteiger partial charge in [-0.3, -0.25) is 29.7 Å². The summed E-state index contributed by atoms with van der Waals surface area (Å²) in [5, 5.41) is 56.6. The minimum absolute atomic E-state index is 0.100. The Morgan fingerprint density at radius 1 is 1.24 bits per heavy atom. The minimum Gasteiger partial charge on any atom is -0.499 e. The van der Waals surface area contributed by atoms with E-state index in [0.717, 1.165) is 19.2 Å². The van der Waals surface area contributed by atoms with Gasteiger partial charge in [-0.15, -0.1) is 0 Å². The van der Waals surface area contributed by atoms with Crippen LogP contribution in [0.25, 0.3) is 21.9 Å². The van der Waals surface area contributed by atoms with Gasteiger partial charge in [0.2, 0.25) is 10.5 Å². The molecule has 19 heteroatoms. The van der Waals surface area contributed by atoms with E-state index in [9.17, 15) is 44.5 Å². The van der Waals surface area contributed by atoms with Crippen molar-refractivity contribution in [1.29, 1.82) is 0 Å². The highest BCUT2D eigenvalue weighted by molar-refractivity contribution is 6.36. The second-order valence-electron chi connectivity index (χ2n) is 8.52. The molecule has 4 aromatic rings. The number of piperazine rings is 1. The lowest BCUT2D eigenvalue weighted by molar-refractivity contribution is -0.782. The van der Waals surface area contributed by atoms with Crippen LogP contribution in [-0.2, 0) is 6.54 Å². The summed E-state index contributed by atoms with van der Waals surface area (Å²) in [4.78, 5) is 44.2. The number of hydrogen-bond donors (Lipinski definition) is 3. The van der Waals surface area contributed by atoms with Crippen LogP contribution in [0, 0.1) is 31.3 Å². The molecule has 2 aromatic heterocycles. The molecule has 41 heavy (non-hydrogen) atoms. The molecule has 1 aliphatic heterocycles. The molecule has 3 heterocycles. The van der Waals surface area contributed by atoms with Crippen LogP contribution in [0.2, 0.25) is 5.02 Å². The largest absolute Gasteiger partial charge is 0.499 e. The van der Waals surface area contributed by atoms with Gasteiger partial charge in [-0.2, -0.15) is 0 Å². The molecule has 5 rings (SSSR count). The fourth-order valence-corrected chi connectivity index (χ4v) is 4.65. The number of nitrogens with zero attached hydrogens (tertiary/aromatic N) is 6. The van der Waals surface area contributed by atoms with Crippen molar-refractivity contribution in [1.82, 2.24) is 15.0 Å². The second-order valence-corrected chi connectivity index (χ2v) is 8.90. The number of aromatic nitrogens is 3. The summed E-state index contributed by atoms with van der Waals surface area (Å²) in [5.74, 6) is -2.95. The zero-order valence-electron chi connectivity index (χ0n) is 20.9. The van der Waals surface area contributed by atoms with Gasteiger partial charge in [0.05, 0.1) is 26.2 Å². The molecule has 3 N–H and O–H groups in total. The van der Waals surface area contributed by atoms with Crippen molar-refractivity contribution in [2.24, 2.45) is 0 Å². The third-order valence-electron chi connectivity index (χ3n) is 6.24. The topological polar surface area (TPSA) is 234 Å². The number of benzene rings is 2. The Morgan fingerprint density at radius 3 is 2.44 bits per heavy atom. The maximum atomic E-state index is 14.5. The van der Waals surface area contributed by atoms with Crippen LogP contribution in [0.4, 0.5) is 21.5 Å². The first kappa shape index (κ1) is 28.9. The minimum atomic E-state index is -1.30. The molecule has 1 aliphatic rings. The fourth-order valence-electron chi connectivity index (χ4n) is 4.33. The van der Waals surface area contributed by atoms with E-state index in [1.807, 2.05) is 11.8 Å². The number of phenolic OH excluding ortho intramolecular Hbond substituents is 1. The molecule has 216 valence electrons. The lowest BCUT2D eigenvalue weighted by Gasteiger charge is -2.30. The molecule has 0 bridgehead atoms. The molecule has 0 atom stereocenters. The summed E-state index contributed by atoms with van der Waals surface area (Å²) in [6.45, 7) is 5.26. The van der Waals surface area contributed by atoms with Gasteiger partial charge in [0.15, 0.2) is 0 Å². The average Bonchev–Trinajstić information content (AvgIpc) is 3.30. The summed E-state index contributed by atoms with van der Waals surface area (Å²) < 4.78 is 20.2. The summed E-state index contributed by atoms with van der Waals surface area (Å²) in [6.07, 6.45) is 1.33. The number of halogens is 2. The summed E-state index contributed by atoms with van der Waals surface area (Å²) in [5.41, 5.74) is -3.66. The highest BCUT2D eigenvalue weighted by Gasteiger charge is 2.39. The summed E-state index contributed by atoms with van der Waals surface area (Å²) >= 11 is 5.46. The first-order valence-corrected chi connectivity index (χ1v) is 12.0. The van der Waals surface area contributed by atoms with Crippen molar-refractivity contribution < 1.29 is 38.8 Å². The number of aryl methyl sites for hydroxylation is 1. The lowest BCUT2D eigenvalue weighted by Crippen LogP contribution is -2.43. The van der Waals surface area contributed by atoms with Crippen molar-refractivity contribution in [3.8, 4) is 5.75 Å². The maximum absolute atomic E-state index is 14.5. The van der Waals surface area contributed by atoms with Crippen molar-refractivity contribution in [2.45, 2.75) is 13.5 Å². The van der Waals surface area contributed by atoms with Crippen molar-refractivity contribution in [3.05, 3.63) is 70.4 Å². The number of rotatable bonds is 5. The number of hydrogen-bond acceptors (Lipinski definition) is 12. The SMILES string of the molecule is CCn1cc(C(=O)O)c(=O)c2cc(F)c(N3CCNCC3)cc21.O=[N+]([O-])c1c(Cl)c([N+](=O)[O-])c2no[n+]([O-])c2c1O. The predicted octanol–water partition coefficient (Wildman–Crippen LogP) is 1.90. The van der Waals surface area contributed by atoms with E-state index in [2.05, 4.69) is 15.1 Å². The molecule has 0 aliphatic carbocycles. The van der Waals surface area contributed by atoms with Gasteiger partial charge in [0, 0.05) is 44.3 Å². The Kier molecular flexibility index (Phi) is 7.88. The zero-order valence-corrected chi connectivity index (χ0v) is 21.6. The van der Waals surface area contributed by atoms with E-state index in [1.54, 1.807) is 10.6 Å². The van der Waals surface area contributed by atoms with Gasteiger partial charge < -0.3 is 30.2 Å². The normalized spacial score (nSPS) is 13.2. The van der Waals surface area contributed by atoms with Crippen molar-refractivity contribution in [3.63, 3.8) is 0 Å². The Balaban J connectivity index is 0.000000195. The van der Waals surface area contributed by atoms with Crippen LogP contribution >= 0.6 is 11.6 Å². The van der Waals surface area contributed by atoms with Crippen LogP contribution in [0.1, 0.15) is 17.3 Å². The predicted molar refractivity (Wildman–Crippen MR) is 139 cm³/mol. The second kappa shape index (κ2) is 11.2. The van der Waals surface area contributed by atoms with Crippen LogP contribution < -0.4 is 20.5 Å². The van der Waals surface area contributed by atoms with Crippen LogP contribution in [0.5, 0.6) is 5.75 Å². The molecule has 1 fully saturated rings. The zero-order chi connectivity index (χ0) is 30.2. The molecule has 0 radical (unpaired) electrons. The van der Waals surface area contributed by atoms with Crippen molar-refractivity contribution >= 4 is 56.6 Å². The Hall–Kier alpha value is -5.10. The van der Waals surface area contributed by atoms with Gasteiger partial charge in [-0.1, -0.05) is 11.6 Å². The first-order valence-electron chi connectivity index (χ1n) is 11.7. The molecular formula is C22H19ClFN7O10. The number of nitro benzene ring substituents is 2. The van der Waals surface area contributed by atoms with Crippen LogP contribution in [0.3, 0.4) is 0 Å². The number of aromatic hydroxyl groups is 1. The van der Waals surface area contributed by atoms with E-state index in [-0.39, 0.29) is 15.9 Å². The molecule has 0 spiro atoms. The van der Waals surface area contributed by atoms with Crippen LogP contribution in [-0.4, -0.2) is 61.9 Å². The Labute approximate surface area is 231 Å². The van der Waals surface area contributed by atoms with E-state index in [4.69, 9.17) is 16.7 Å². The van der Waals surface area contributed by atoms with E-state index >= 15 is 0 Å². The standard InChI is InChI=1S/C16H18FN3O3.C6HClN4O7/c1-2-19-9-11(16(22)23)15(21)10-7-12(17)14(8-13(10)19)20-5-3-18-4-6-20;7-1-3(9(13)14)2-5(11(17)18-8-2)6(12)4(1)10(15)16/h7-9,18H,2-6H2,1H3,(H,22,23);12H. The van der Waals surface area contributed by atoms with Gasteiger partial charge in [0.1, 0.15) is 11.4 Å². The maximum Gasteiger partial charge on any atom is 0.352 e. The molecule has 0 saturated carbocycles. The first-order chi connectivity index (χ1) is 19.4. The quantitative estimate of drug-likeness (QED) is 0.170. The van der Waals surface area contributed by atoms with E-state index in [0.29, 0.717) is 30.8 Å². The number of nitro groups is 2. The van der Waals surface area contributed by atoms with Crippen molar-refractivity contribution in [2.75, 3.05) is 31.1 Å². The third kappa shape index (κ3) is 5.12. The number of carbonyl (C=O) groups is 1. The smallest absolute Gasteiger partial charge is 0.352 e. The fraction of sp³-hybridized carbons (Fsp3) is 0.273. The average molecular weight is 596 g/mol. The number of nitrogens with one attached hydrogen (secondary N) is 1. The number of anilines is 1. The number of fused-ring (bicyclic) bond motifs is 2. The molecule has 0 unspecified atom stereocenters. The molecule has 0 amide bonds. The van der Waals surface area contributed by atoms with Gasteiger partial charge in [0.25, 0.3) is 11.3 Å². The van der Waals surface area contributed by atoms with E-state index in [1.165, 1.54) is 6.20 Å².